The molecule has 1 aliphatic rings. The molecule has 0 unspecified atom stereocenters. The summed E-state index contributed by atoms with van der Waals surface area (Å²) < 4.78 is 16.6. The number of fused-ring (bicyclic) bond motifs is 2. The molecule has 0 bridgehead atoms. The van der Waals surface area contributed by atoms with E-state index in [1.807, 2.05) is 25.1 Å². The highest BCUT2D eigenvalue weighted by atomic mass is 19.1. The number of aryl methyl sites for hydroxylation is 1. The number of carbonyl (C=O) groups excluding carboxylic acids is 1. The van der Waals surface area contributed by atoms with Gasteiger partial charge in [-0.1, -0.05) is 0 Å². The summed E-state index contributed by atoms with van der Waals surface area (Å²) in [7, 11) is 1.80. The van der Waals surface area contributed by atoms with Gasteiger partial charge in [0.1, 0.15) is 18.2 Å². The van der Waals surface area contributed by atoms with Crippen molar-refractivity contribution >= 4 is 28.3 Å². The largest absolute Gasteiger partial charge is 0.344 e. The summed E-state index contributed by atoms with van der Waals surface area (Å²) in [6.45, 7) is 3.14. The molecule has 168 valence electrons. The Morgan fingerprint density at radius 3 is 2.70 bits per heavy atom. The van der Waals surface area contributed by atoms with E-state index in [1.54, 1.807) is 35.1 Å². The molecule has 0 radical (unpaired) electrons. The average Bonchev–Trinajstić information content (AvgIpc) is 3.12. The van der Waals surface area contributed by atoms with Gasteiger partial charge in [0, 0.05) is 67.2 Å². The van der Waals surface area contributed by atoms with E-state index in [0.717, 1.165) is 34.3 Å². The zero-order valence-corrected chi connectivity index (χ0v) is 18.5. The van der Waals surface area contributed by atoms with Crippen LogP contribution in [0.5, 0.6) is 0 Å². The lowest BCUT2D eigenvalue weighted by Crippen LogP contribution is -2.29. The fraction of sp³-hybridized carbons (Fsp3) is 0.250. The van der Waals surface area contributed by atoms with Crippen molar-refractivity contribution in [1.82, 2.24) is 24.6 Å². The number of amides is 1. The van der Waals surface area contributed by atoms with Crippen LogP contribution in [0.1, 0.15) is 17.0 Å². The van der Waals surface area contributed by atoms with E-state index in [9.17, 15) is 9.18 Å². The van der Waals surface area contributed by atoms with Crippen LogP contribution >= 0.6 is 0 Å². The topological polar surface area (TPSA) is 102 Å². The second-order valence-corrected chi connectivity index (χ2v) is 8.31. The molecule has 0 saturated carbocycles. The molecule has 33 heavy (non-hydrogen) atoms. The molecular weight excluding hydrogens is 421 g/mol. The molecule has 1 aromatic carbocycles. The van der Waals surface area contributed by atoms with Crippen LogP contribution < -0.4 is 11.1 Å². The Kier molecular flexibility index (Phi) is 5.26. The van der Waals surface area contributed by atoms with Crippen LogP contribution in [0.2, 0.25) is 0 Å². The summed E-state index contributed by atoms with van der Waals surface area (Å²) in [5, 5.41) is 9.26. The van der Waals surface area contributed by atoms with Crippen LogP contribution in [0.25, 0.3) is 21.9 Å². The Morgan fingerprint density at radius 2 is 1.91 bits per heavy atom. The van der Waals surface area contributed by atoms with Crippen LogP contribution in [-0.2, 0) is 24.3 Å². The van der Waals surface area contributed by atoms with Gasteiger partial charge in [-0.3, -0.25) is 14.5 Å². The maximum absolute atomic E-state index is 14.9. The van der Waals surface area contributed by atoms with E-state index in [-0.39, 0.29) is 18.3 Å². The molecule has 3 N–H and O–H groups in total. The van der Waals surface area contributed by atoms with Crippen LogP contribution in [0.4, 0.5) is 16.0 Å². The maximum Gasteiger partial charge on any atom is 0.244 e. The van der Waals surface area contributed by atoms with Gasteiger partial charge in [-0.25, -0.2) is 9.37 Å². The highest BCUT2D eigenvalue weighted by Gasteiger charge is 2.19. The third kappa shape index (κ3) is 4.03. The number of halogens is 1. The van der Waals surface area contributed by atoms with Crippen LogP contribution in [0.15, 0.2) is 42.7 Å². The first kappa shape index (κ1) is 21.0. The number of nitrogens with zero attached hydrogens (tertiary/aromatic N) is 5. The van der Waals surface area contributed by atoms with Crippen molar-refractivity contribution in [3.63, 3.8) is 0 Å². The van der Waals surface area contributed by atoms with E-state index < -0.39 is 0 Å². The highest BCUT2D eigenvalue weighted by Crippen LogP contribution is 2.31. The van der Waals surface area contributed by atoms with Gasteiger partial charge in [0.05, 0.1) is 5.69 Å². The van der Waals surface area contributed by atoms with Crippen molar-refractivity contribution in [3.05, 3.63) is 65.5 Å². The number of nitrogens with one attached hydrogen (secondary N) is 1. The second-order valence-electron chi connectivity index (χ2n) is 8.31. The van der Waals surface area contributed by atoms with Crippen molar-refractivity contribution in [3.8, 4) is 11.1 Å². The number of carbonyl (C=O) groups is 1. The predicted octanol–water partition coefficient (Wildman–Crippen LogP) is 3.16. The zero-order valence-electron chi connectivity index (χ0n) is 18.5. The lowest BCUT2D eigenvalue weighted by Gasteiger charge is -2.12. The van der Waals surface area contributed by atoms with E-state index in [1.165, 1.54) is 6.07 Å². The molecule has 0 aliphatic carbocycles. The molecule has 9 heteroatoms. The Balaban J connectivity index is 1.46. The molecule has 0 spiro atoms. The van der Waals surface area contributed by atoms with E-state index >= 15 is 0 Å². The van der Waals surface area contributed by atoms with Crippen LogP contribution in [0, 0.1) is 12.7 Å². The number of benzene rings is 1. The number of hydrogen-bond acceptors (Lipinski definition) is 6. The minimum Gasteiger partial charge on any atom is -0.344 e. The number of hydrogen-bond donors (Lipinski definition) is 2. The molecule has 0 atom stereocenters. The van der Waals surface area contributed by atoms with Crippen molar-refractivity contribution in [2.24, 2.45) is 5.73 Å². The SMILES string of the molecule is Cc1cc(CN)ncc1-c1cc2cc(Nc3cc4n(n3)CC(=O)N(C)CC4)ncc2cc1F. The number of likely N-dealkylation sites (N-methyl/N-ethyl adjacent to an activating group) is 1. The third-order valence-corrected chi connectivity index (χ3v) is 6.01. The number of aromatic nitrogens is 4. The summed E-state index contributed by atoms with van der Waals surface area (Å²) in [6, 6.07) is 8.96. The smallest absolute Gasteiger partial charge is 0.244 e. The molecular formula is C24H24FN7O. The first-order chi connectivity index (χ1) is 15.9. The van der Waals surface area contributed by atoms with Gasteiger partial charge in [-0.15, -0.1) is 0 Å². The number of anilines is 2. The number of rotatable bonds is 4. The highest BCUT2D eigenvalue weighted by molar-refractivity contribution is 5.89. The lowest BCUT2D eigenvalue weighted by atomic mass is 9.99. The summed E-state index contributed by atoms with van der Waals surface area (Å²) in [6.07, 6.45) is 4.03. The van der Waals surface area contributed by atoms with E-state index in [4.69, 9.17) is 5.73 Å². The first-order valence-corrected chi connectivity index (χ1v) is 10.7. The second kappa shape index (κ2) is 8.25. The van der Waals surface area contributed by atoms with Crippen molar-refractivity contribution in [2.45, 2.75) is 26.4 Å². The fourth-order valence-corrected chi connectivity index (χ4v) is 4.09. The summed E-state index contributed by atoms with van der Waals surface area (Å²) >= 11 is 0. The average molecular weight is 446 g/mol. The lowest BCUT2D eigenvalue weighted by molar-refractivity contribution is -0.130. The summed E-state index contributed by atoms with van der Waals surface area (Å²) in [5.74, 6) is 0.910. The molecule has 3 aromatic heterocycles. The standard InChI is InChI=1S/C24H24FN7O/c1-14-5-17(10-26)27-12-20(14)19-6-15-8-22(28-11-16(15)7-21(19)25)29-23-9-18-3-4-31(2)24(33)13-32(18)30-23/h5-9,11-12H,3-4,10,13,26H2,1-2H3,(H,28,29,30). The molecule has 5 rings (SSSR count). The van der Waals surface area contributed by atoms with Crippen LogP contribution in [0.3, 0.4) is 0 Å². The van der Waals surface area contributed by atoms with Gasteiger partial charge in [0.2, 0.25) is 5.91 Å². The molecule has 8 nitrogen and oxygen atoms in total. The predicted molar refractivity (Wildman–Crippen MR) is 124 cm³/mol. The Bertz CT molecular complexity index is 1380. The van der Waals surface area contributed by atoms with Gasteiger partial charge in [0.25, 0.3) is 0 Å². The summed E-state index contributed by atoms with van der Waals surface area (Å²) in [5.41, 5.74) is 9.54. The third-order valence-electron chi connectivity index (χ3n) is 6.01. The zero-order chi connectivity index (χ0) is 23.1. The van der Waals surface area contributed by atoms with Gasteiger partial charge >= 0.3 is 0 Å². The van der Waals surface area contributed by atoms with Gasteiger partial charge in [-0.2, -0.15) is 5.10 Å². The Morgan fingerprint density at radius 1 is 1.06 bits per heavy atom. The van der Waals surface area contributed by atoms with E-state index in [2.05, 4.69) is 20.4 Å². The van der Waals surface area contributed by atoms with Crippen molar-refractivity contribution in [2.75, 3.05) is 18.9 Å². The Labute approximate surface area is 190 Å². The first-order valence-electron chi connectivity index (χ1n) is 10.7. The van der Waals surface area contributed by atoms with Gasteiger partial charge in [0.15, 0.2) is 5.82 Å². The minimum absolute atomic E-state index is 0.0334. The van der Waals surface area contributed by atoms with E-state index in [0.29, 0.717) is 35.7 Å². The molecule has 4 heterocycles. The molecule has 4 aromatic rings. The van der Waals surface area contributed by atoms with Crippen molar-refractivity contribution < 1.29 is 9.18 Å². The van der Waals surface area contributed by atoms with Gasteiger partial charge < -0.3 is 16.0 Å². The summed E-state index contributed by atoms with van der Waals surface area (Å²) in [4.78, 5) is 22.6. The van der Waals surface area contributed by atoms with Gasteiger partial charge in [-0.05, 0) is 42.1 Å². The number of pyridine rings is 2. The molecule has 1 aliphatic heterocycles. The molecule has 0 saturated heterocycles. The molecule has 0 fully saturated rings. The quantitative estimate of drug-likeness (QED) is 0.500. The monoisotopic (exact) mass is 445 g/mol. The van der Waals surface area contributed by atoms with Crippen LogP contribution in [-0.4, -0.2) is 44.1 Å². The maximum atomic E-state index is 14.9. The minimum atomic E-state index is -0.331. The van der Waals surface area contributed by atoms with Crippen molar-refractivity contribution in [1.29, 1.82) is 0 Å². The Hall–Kier alpha value is -3.85. The normalized spacial score (nSPS) is 13.8. The number of nitrogens with two attached hydrogens (primary N) is 1. The fourth-order valence-electron chi connectivity index (χ4n) is 4.09. The molecule has 1 amide bonds.